The molecule has 142 valence electrons. The second kappa shape index (κ2) is 6.79. The maximum atomic E-state index is 12.6. The van der Waals surface area contributed by atoms with Gasteiger partial charge in [0.25, 0.3) is 5.91 Å². The zero-order valence-corrected chi connectivity index (χ0v) is 15.7. The number of carbonyl (C=O) groups excluding carboxylic acids is 1. The SMILES string of the molecule is O=C(c1ccon1)N1CCC2(CC1)CC(c1ccccc1)CN(C1CC1)C2. The van der Waals surface area contributed by atoms with Gasteiger partial charge in [-0.3, -0.25) is 9.69 Å². The summed E-state index contributed by atoms with van der Waals surface area (Å²) in [6.07, 6.45) is 7.60. The molecular formula is C22H27N3O2. The lowest BCUT2D eigenvalue weighted by molar-refractivity contribution is 0.0108. The van der Waals surface area contributed by atoms with E-state index in [2.05, 4.69) is 40.4 Å². The molecule has 27 heavy (non-hydrogen) atoms. The second-order valence-electron chi connectivity index (χ2n) is 8.65. The van der Waals surface area contributed by atoms with Gasteiger partial charge in [-0.2, -0.15) is 0 Å². The first-order valence-electron chi connectivity index (χ1n) is 10.2. The molecule has 1 atom stereocenters. The first kappa shape index (κ1) is 17.0. The van der Waals surface area contributed by atoms with Crippen molar-refractivity contribution in [1.29, 1.82) is 0 Å². The molecule has 5 rings (SSSR count). The first-order valence-corrected chi connectivity index (χ1v) is 10.2. The molecule has 1 aromatic heterocycles. The topological polar surface area (TPSA) is 49.6 Å². The Bertz CT molecular complexity index is 777. The maximum Gasteiger partial charge on any atom is 0.276 e. The predicted octanol–water partition coefficient (Wildman–Crippen LogP) is 3.55. The lowest BCUT2D eigenvalue weighted by atomic mass is 9.68. The molecule has 0 bridgehead atoms. The van der Waals surface area contributed by atoms with Crippen molar-refractivity contribution in [2.24, 2.45) is 5.41 Å². The molecule has 1 unspecified atom stereocenters. The van der Waals surface area contributed by atoms with Crippen LogP contribution in [0.4, 0.5) is 0 Å². The Morgan fingerprint density at radius 2 is 1.89 bits per heavy atom. The highest BCUT2D eigenvalue weighted by Crippen LogP contribution is 2.47. The highest BCUT2D eigenvalue weighted by Gasteiger charge is 2.46. The largest absolute Gasteiger partial charge is 0.364 e. The fourth-order valence-corrected chi connectivity index (χ4v) is 5.13. The monoisotopic (exact) mass is 365 g/mol. The van der Waals surface area contributed by atoms with Crippen molar-refractivity contribution in [3.8, 4) is 0 Å². The summed E-state index contributed by atoms with van der Waals surface area (Å²) in [5, 5.41) is 3.82. The molecule has 3 aliphatic rings. The van der Waals surface area contributed by atoms with Crippen molar-refractivity contribution in [2.45, 2.75) is 44.1 Å². The zero-order valence-electron chi connectivity index (χ0n) is 15.7. The summed E-state index contributed by atoms with van der Waals surface area (Å²) in [5.74, 6) is 0.617. The van der Waals surface area contributed by atoms with Gasteiger partial charge in [-0.15, -0.1) is 0 Å². The van der Waals surface area contributed by atoms with Crippen LogP contribution in [0.25, 0.3) is 0 Å². The van der Waals surface area contributed by atoms with E-state index in [1.807, 2.05) is 4.90 Å². The van der Waals surface area contributed by atoms with Crippen LogP contribution in [0.5, 0.6) is 0 Å². The van der Waals surface area contributed by atoms with E-state index < -0.39 is 0 Å². The fraction of sp³-hybridized carbons (Fsp3) is 0.545. The fourth-order valence-electron chi connectivity index (χ4n) is 5.13. The molecule has 1 aromatic carbocycles. The summed E-state index contributed by atoms with van der Waals surface area (Å²) in [6.45, 7) is 4.04. The van der Waals surface area contributed by atoms with Crippen LogP contribution in [-0.4, -0.2) is 53.1 Å². The molecule has 0 N–H and O–H groups in total. The van der Waals surface area contributed by atoms with Crippen LogP contribution in [0.3, 0.4) is 0 Å². The van der Waals surface area contributed by atoms with Gasteiger partial charge in [0, 0.05) is 38.3 Å². The number of nitrogens with zero attached hydrogens (tertiary/aromatic N) is 3. The van der Waals surface area contributed by atoms with E-state index in [0.29, 0.717) is 17.0 Å². The van der Waals surface area contributed by atoms with E-state index in [1.54, 1.807) is 6.07 Å². The summed E-state index contributed by atoms with van der Waals surface area (Å²) < 4.78 is 4.84. The van der Waals surface area contributed by atoms with Crippen molar-refractivity contribution < 1.29 is 9.32 Å². The Labute approximate surface area is 160 Å². The van der Waals surface area contributed by atoms with Crippen molar-refractivity contribution in [3.63, 3.8) is 0 Å². The molecule has 1 spiro atoms. The van der Waals surface area contributed by atoms with E-state index >= 15 is 0 Å². The van der Waals surface area contributed by atoms with Crippen molar-refractivity contribution >= 4 is 5.91 Å². The Morgan fingerprint density at radius 3 is 2.56 bits per heavy atom. The molecule has 2 aromatic rings. The molecule has 0 radical (unpaired) electrons. The van der Waals surface area contributed by atoms with Gasteiger partial charge in [-0.1, -0.05) is 35.5 Å². The normalized spacial score (nSPS) is 25.6. The van der Waals surface area contributed by atoms with Gasteiger partial charge in [-0.05, 0) is 49.0 Å². The molecule has 3 fully saturated rings. The number of aromatic nitrogens is 1. The van der Waals surface area contributed by atoms with Crippen LogP contribution in [0.2, 0.25) is 0 Å². The third-order valence-electron chi connectivity index (χ3n) is 6.78. The summed E-state index contributed by atoms with van der Waals surface area (Å²) in [6, 6.07) is 13.5. The molecule has 3 heterocycles. The van der Waals surface area contributed by atoms with E-state index in [1.165, 1.54) is 44.2 Å². The Hall–Kier alpha value is -2.14. The third kappa shape index (κ3) is 3.41. The number of rotatable bonds is 3. The average molecular weight is 365 g/mol. The van der Waals surface area contributed by atoms with E-state index in [-0.39, 0.29) is 5.91 Å². The van der Waals surface area contributed by atoms with E-state index in [0.717, 1.165) is 32.0 Å². The molecule has 1 saturated carbocycles. The van der Waals surface area contributed by atoms with Gasteiger partial charge in [0.2, 0.25) is 0 Å². The molecular weight excluding hydrogens is 338 g/mol. The van der Waals surface area contributed by atoms with Crippen LogP contribution < -0.4 is 0 Å². The lowest BCUT2D eigenvalue weighted by Crippen LogP contribution is -2.53. The summed E-state index contributed by atoms with van der Waals surface area (Å²) in [4.78, 5) is 17.3. The Morgan fingerprint density at radius 1 is 1.11 bits per heavy atom. The molecule has 2 saturated heterocycles. The van der Waals surface area contributed by atoms with Gasteiger partial charge in [0.05, 0.1) is 0 Å². The quantitative estimate of drug-likeness (QED) is 0.835. The van der Waals surface area contributed by atoms with Crippen LogP contribution in [-0.2, 0) is 0 Å². The number of benzene rings is 1. The maximum absolute atomic E-state index is 12.6. The number of amides is 1. The third-order valence-corrected chi connectivity index (χ3v) is 6.78. The van der Waals surface area contributed by atoms with Gasteiger partial charge in [0.1, 0.15) is 6.26 Å². The van der Waals surface area contributed by atoms with Crippen LogP contribution in [0, 0.1) is 5.41 Å². The standard InChI is InChI=1S/C22H27N3O2/c26-21(20-8-13-27-23-20)24-11-9-22(10-12-24)14-18(17-4-2-1-3-5-17)15-25(16-22)19-6-7-19/h1-5,8,13,18-19H,6-7,9-12,14-16H2. The average Bonchev–Trinajstić information content (AvgIpc) is 3.43. The predicted molar refractivity (Wildman–Crippen MR) is 102 cm³/mol. The van der Waals surface area contributed by atoms with Crippen molar-refractivity contribution in [3.05, 3.63) is 53.9 Å². The van der Waals surface area contributed by atoms with Crippen LogP contribution in [0.1, 0.15) is 54.1 Å². The van der Waals surface area contributed by atoms with Gasteiger partial charge in [0.15, 0.2) is 5.69 Å². The highest BCUT2D eigenvalue weighted by atomic mass is 16.5. The van der Waals surface area contributed by atoms with Gasteiger partial charge >= 0.3 is 0 Å². The van der Waals surface area contributed by atoms with Crippen LogP contribution >= 0.6 is 0 Å². The number of carbonyl (C=O) groups is 1. The second-order valence-corrected chi connectivity index (χ2v) is 8.65. The van der Waals surface area contributed by atoms with Gasteiger partial charge < -0.3 is 9.42 Å². The summed E-state index contributed by atoms with van der Waals surface area (Å²) in [7, 11) is 0. The van der Waals surface area contributed by atoms with E-state index in [4.69, 9.17) is 4.52 Å². The number of piperidine rings is 2. The Balaban J connectivity index is 1.32. The van der Waals surface area contributed by atoms with Crippen molar-refractivity contribution in [1.82, 2.24) is 15.0 Å². The smallest absolute Gasteiger partial charge is 0.276 e. The molecule has 1 amide bonds. The van der Waals surface area contributed by atoms with Crippen molar-refractivity contribution in [2.75, 3.05) is 26.2 Å². The Kier molecular flexibility index (Phi) is 4.27. The number of hydrogen-bond acceptors (Lipinski definition) is 4. The molecule has 5 nitrogen and oxygen atoms in total. The summed E-state index contributed by atoms with van der Waals surface area (Å²) in [5.41, 5.74) is 2.24. The minimum Gasteiger partial charge on any atom is -0.364 e. The molecule has 1 aliphatic carbocycles. The highest BCUT2D eigenvalue weighted by molar-refractivity contribution is 5.92. The molecule has 5 heteroatoms. The molecule has 2 aliphatic heterocycles. The lowest BCUT2D eigenvalue weighted by Gasteiger charge is -2.50. The summed E-state index contributed by atoms with van der Waals surface area (Å²) >= 11 is 0. The first-order chi connectivity index (χ1) is 13.2. The minimum absolute atomic E-state index is 0.00747. The van der Waals surface area contributed by atoms with Crippen LogP contribution in [0.15, 0.2) is 47.2 Å². The minimum atomic E-state index is 0.00747. The number of likely N-dealkylation sites (tertiary alicyclic amines) is 2. The van der Waals surface area contributed by atoms with E-state index in [9.17, 15) is 4.79 Å². The zero-order chi connectivity index (χ0) is 18.3. The van der Waals surface area contributed by atoms with Gasteiger partial charge in [-0.25, -0.2) is 0 Å². The number of hydrogen-bond donors (Lipinski definition) is 0.